The van der Waals surface area contributed by atoms with Crippen LogP contribution in [0.2, 0.25) is 0 Å². The zero-order valence-electron chi connectivity index (χ0n) is 21.7. The first-order chi connectivity index (χ1) is 17.5. The lowest BCUT2D eigenvalue weighted by Crippen LogP contribution is -2.50. The smallest absolute Gasteiger partial charge is 0.410 e. The molecule has 1 N–H and O–H groups in total. The van der Waals surface area contributed by atoms with E-state index in [1.807, 2.05) is 26.8 Å². The average Bonchev–Trinajstić information content (AvgIpc) is 2.84. The third kappa shape index (κ3) is 7.46. The van der Waals surface area contributed by atoms with Gasteiger partial charge in [0.05, 0.1) is 30.3 Å². The van der Waals surface area contributed by atoms with Crippen molar-refractivity contribution in [2.75, 3.05) is 37.7 Å². The fraction of sp³-hybridized carbons (Fsp3) is 0.500. The molecule has 0 radical (unpaired) electrons. The standard InChI is InChI=1S/C26H33N5O6/c1-6-18(14-23(33)36-7-2)28-22(32)16-31-17-27-21-9-8-19(15-20(21)24(31)34)29-10-12-30(13-11-29)25(35)37-26(3,4)5/h1,8-9,15,17-18H,7,10-14,16H2,2-5H3,(H,28,32)/t18-/m1/s1. The van der Waals surface area contributed by atoms with Crippen LogP contribution in [0, 0.1) is 12.3 Å². The second-order valence-electron chi connectivity index (χ2n) is 9.63. The summed E-state index contributed by atoms with van der Waals surface area (Å²) in [6.45, 7) is 9.22. The summed E-state index contributed by atoms with van der Waals surface area (Å²) in [4.78, 5) is 57.7. The fourth-order valence-corrected chi connectivity index (χ4v) is 3.86. The number of carbonyl (C=O) groups excluding carboxylic acids is 3. The highest BCUT2D eigenvalue weighted by molar-refractivity contribution is 5.83. The van der Waals surface area contributed by atoms with Crippen molar-refractivity contribution in [3.63, 3.8) is 0 Å². The van der Waals surface area contributed by atoms with Crippen molar-refractivity contribution in [1.82, 2.24) is 19.8 Å². The molecule has 2 amide bonds. The van der Waals surface area contributed by atoms with Gasteiger partial charge in [0.15, 0.2) is 0 Å². The number of ether oxygens (including phenoxy) is 2. The van der Waals surface area contributed by atoms with Gasteiger partial charge >= 0.3 is 12.1 Å². The Morgan fingerprint density at radius 1 is 1.19 bits per heavy atom. The number of esters is 1. The van der Waals surface area contributed by atoms with Crippen LogP contribution in [-0.4, -0.2) is 76.8 Å². The van der Waals surface area contributed by atoms with E-state index in [-0.39, 0.29) is 31.2 Å². The number of nitrogens with zero attached hydrogens (tertiary/aromatic N) is 4. The molecule has 1 aromatic carbocycles. The van der Waals surface area contributed by atoms with Crippen molar-refractivity contribution >= 4 is 34.6 Å². The van der Waals surface area contributed by atoms with Crippen LogP contribution in [0.3, 0.4) is 0 Å². The Labute approximate surface area is 215 Å². The molecule has 0 unspecified atom stereocenters. The number of benzene rings is 1. The Morgan fingerprint density at radius 2 is 1.89 bits per heavy atom. The topological polar surface area (TPSA) is 123 Å². The van der Waals surface area contributed by atoms with Crippen molar-refractivity contribution in [2.45, 2.75) is 52.3 Å². The van der Waals surface area contributed by atoms with Gasteiger partial charge in [-0.3, -0.25) is 19.0 Å². The van der Waals surface area contributed by atoms with Gasteiger partial charge < -0.3 is 24.6 Å². The monoisotopic (exact) mass is 511 g/mol. The van der Waals surface area contributed by atoms with Crippen LogP contribution >= 0.6 is 0 Å². The maximum atomic E-state index is 13.1. The van der Waals surface area contributed by atoms with Crippen molar-refractivity contribution < 1.29 is 23.9 Å². The zero-order chi connectivity index (χ0) is 27.2. The van der Waals surface area contributed by atoms with E-state index in [4.69, 9.17) is 15.9 Å². The Morgan fingerprint density at radius 3 is 2.51 bits per heavy atom. The highest BCUT2D eigenvalue weighted by Gasteiger charge is 2.26. The minimum absolute atomic E-state index is 0.161. The number of fused-ring (bicyclic) bond motifs is 1. The molecule has 2 aromatic rings. The molecule has 11 heteroatoms. The van der Waals surface area contributed by atoms with Gasteiger partial charge in [-0.15, -0.1) is 6.42 Å². The van der Waals surface area contributed by atoms with Crippen LogP contribution in [0.25, 0.3) is 10.9 Å². The molecular weight excluding hydrogens is 478 g/mol. The van der Waals surface area contributed by atoms with E-state index in [9.17, 15) is 19.2 Å². The van der Waals surface area contributed by atoms with Crippen LogP contribution in [0.15, 0.2) is 29.3 Å². The first-order valence-corrected chi connectivity index (χ1v) is 12.1. The molecule has 0 aliphatic carbocycles. The number of aromatic nitrogens is 2. The highest BCUT2D eigenvalue weighted by Crippen LogP contribution is 2.21. The number of carbonyl (C=O) groups is 3. The molecule has 2 heterocycles. The summed E-state index contributed by atoms with van der Waals surface area (Å²) in [6, 6.07) is 4.53. The van der Waals surface area contributed by atoms with Crippen LogP contribution in [-0.2, 0) is 25.6 Å². The van der Waals surface area contributed by atoms with Gasteiger partial charge in [0.25, 0.3) is 5.56 Å². The molecule has 0 saturated carbocycles. The molecule has 11 nitrogen and oxygen atoms in total. The summed E-state index contributed by atoms with van der Waals surface area (Å²) >= 11 is 0. The number of hydrogen-bond donors (Lipinski definition) is 1. The van der Waals surface area contributed by atoms with E-state index in [1.54, 1.807) is 24.0 Å². The van der Waals surface area contributed by atoms with Gasteiger partial charge in [-0.2, -0.15) is 0 Å². The third-order valence-electron chi connectivity index (χ3n) is 5.63. The molecule has 0 spiro atoms. The van der Waals surface area contributed by atoms with E-state index in [1.165, 1.54) is 10.9 Å². The maximum absolute atomic E-state index is 13.1. The largest absolute Gasteiger partial charge is 0.466 e. The molecule has 3 rings (SSSR count). The van der Waals surface area contributed by atoms with E-state index in [2.05, 4.69) is 21.1 Å². The van der Waals surface area contributed by atoms with Crippen LogP contribution < -0.4 is 15.8 Å². The number of hydrogen-bond acceptors (Lipinski definition) is 8. The first kappa shape index (κ1) is 27.5. The Hall–Kier alpha value is -4.07. The van der Waals surface area contributed by atoms with Gasteiger partial charge in [-0.1, -0.05) is 5.92 Å². The summed E-state index contributed by atoms with van der Waals surface area (Å²) in [5.74, 6) is 1.30. The zero-order valence-corrected chi connectivity index (χ0v) is 21.7. The lowest BCUT2D eigenvalue weighted by atomic mass is 10.2. The predicted molar refractivity (Wildman–Crippen MR) is 138 cm³/mol. The van der Waals surface area contributed by atoms with Gasteiger partial charge in [0.2, 0.25) is 5.91 Å². The molecule has 1 aliphatic heterocycles. The van der Waals surface area contributed by atoms with E-state index in [0.29, 0.717) is 37.1 Å². The van der Waals surface area contributed by atoms with E-state index >= 15 is 0 Å². The minimum Gasteiger partial charge on any atom is -0.466 e. The van der Waals surface area contributed by atoms with Crippen molar-refractivity contribution in [3.05, 3.63) is 34.9 Å². The molecular formula is C26H33N5O6. The Bertz CT molecular complexity index is 1250. The molecule has 1 fully saturated rings. The number of amides is 2. The molecule has 1 atom stereocenters. The van der Waals surface area contributed by atoms with Crippen molar-refractivity contribution in [3.8, 4) is 12.3 Å². The summed E-state index contributed by atoms with van der Waals surface area (Å²) in [5.41, 5.74) is 0.386. The lowest BCUT2D eigenvalue weighted by Gasteiger charge is -2.36. The second kappa shape index (κ2) is 11.8. The lowest BCUT2D eigenvalue weighted by molar-refractivity contribution is -0.143. The van der Waals surface area contributed by atoms with Gasteiger partial charge in [-0.05, 0) is 45.9 Å². The molecule has 198 valence electrons. The molecule has 37 heavy (non-hydrogen) atoms. The molecule has 1 aromatic heterocycles. The highest BCUT2D eigenvalue weighted by atomic mass is 16.6. The summed E-state index contributed by atoms with van der Waals surface area (Å²) in [6.07, 6.45) is 6.22. The maximum Gasteiger partial charge on any atom is 0.410 e. The molecule has 1 aliphatic rings. The Kier molecular flexibility index (Phi) is 8.76. The van der Waals surface area contributed by atoms with Crippen LogP contribution in [0.5, 0.6) is 0 Å². The third-order valence-corrected chi connectivity index (χ3v) is 5.63. The van der Waals surface area contributed by atoms with Gasteiger partial charge in [-0.25, -0.2) is 9.78 Å². The Balaban J connectivity index is 1.68. The molecule has 1 saturated heterocycles. The number of rotatable bonds is 7. The SMILES string of the molecule is C#C[C@H](CC(=O)OCC)NC(=O)Cn1cnc2ccc(N3CCN(C(=O)OC(C)(C)C)CC3)cc2c1=O. The van der Waals surface area contributed by atoms with Crippen molar-refractivity contribution in [1.29, 1.82) is 0 Å². The summed E-state index contributed by atoms with van der Waals surface area (Å²) in [7, 11) is 0. The van der Waals surface area contributed by atoms with E-state index < -0.39 is 23.5 Å². The van der Waals surface area contributed by atoms with Crippen LogP contribution in [0.4, 0.5) is 10.5 Å². The molecule has 0 bridgehead atoms. The summed E-state index contributed by atoms with van der Waals surface area (Å²) in [5, 5.41) is 2.92. The first-order valence-electron chi connectivity index (χ1n) is 12.1. The van der Waals surface area contributed by atoms with Gasteiger partial charge in [0, 0.05) is 31.9 Å². The number of nitrogens with one attached hydrogen (secondary N) is 1. The predicted octanol–water partition coefficient (Wildman–Crippen LogP) is 1.52. The van der Waals surface area contributed by atoms with Gasteiger partial charge in [0.1, 0.15) is 18.2 Å². The minimum atomic E-state index is -0.846. The number of anilines is 1. The van der Waals surface area contributed by atoms with Crippen LogP contribution in [0.1, 0.15) is 34.1 Å². The fourth-order valence-electron chi connectivity index (χ4n) is 3.86. The second-order valence-corrected chi connectivity index (χ2v) is 9.63. The number of piperazine rings is 1. The van der Waals surface area contributed by atoms with Crippen molar-refractivity contribution in [2.24, 2.45) is 0 Å². The normalized spacial score (nSPS) is 14.6. The van der Waals surface area contributed by atoms with E-state index in [0.717, 1.165) is 5.69 Å². The quantitative estimate of drug-likeness (QED) is 0.439. The average molecular weight is 512 g/mol. The summed E-state index contributed by atoms with van der Waals surface area (Å²) < 4.78 is 11.5. The number of terminal acetylenes is 1.